The highest BCUT2D eigenvalue weighted by molar-refractivity contribution is 6.05. The summed E-state index contributed by atoms with van der Waals surface area (Å²) < 4.78 is 37.8. The number of nitrogens with one attached hydrogen (secondary N) is 1. The highest BCUT2D eigenvalue weighted by Crippen LogP contribution is 2.34. The van der Waals surface area contributed by atoms with E-state index < -0.39 is 11.7 Å². The molecule has 0 bridgehead atoms. The van der Waals surface area contributed by atoms with E-state index in [1.807, 2.05) is 19.2 Å². The van der Waals surface area contributed by atoms with Gasteiger partial charge < -0.3 is 4.90 Å². The van der Waals surface area contributed by atoms with Crippen LogP contribution >= 0.6 is 0 Å². The first-order valence-electron chi connectivity index (χ1n) is 8.25. The van der Waals surface area contributed by atoms with Crippen molar-refractivity contribution in [3.63, 3.8) is 0 Å². The molecule has 3 rings (SSSR count). The van der Waals surface area contributed by atoms with Crippen molar-refractivity contribution in [2.45, 2.75) is 25.6 Å². The third-order valence-corrected chi connectivity index (χ3v) is 4.81. The highest BCUT2D eigenvalue weighted by atomic mass is 19.4. The van der Waals surface area contributed by atoms with Crippen LogP contribution in [0.25, 0.3) is 0 Å². The molecule has 0 saturated carbocycles. The molecule has 0 spiro atoms. The summed E-state index contributed by atoms with van der Waals surface area (Å²) in [4.78, 5) is 27.0. The second-order valence-corrected chi connectivity index (χ2v) is 6.75. The van der Waals surface area contributed by atoms with E-state index >= 15 is 0 Å². The zero-order chi connectivity index (χ0) is 18.2. The molecule has 1 aromatic carbocycles. The normalized spacial score (nSPS) is 24.6. The summed E-state index contributed by atoms with van der Waals surface area (Å²) in [5.41, 5.74) is 0.0408. The van der Waals surface area contributed by atoms with Crippen molar-refractivity contribution in [2.24, 2.45) is 11.8 Å². The molecule has 3 atom stereocenters. The van der Waals surface area contributed by atoms with Crippen LogP contribution < -0.4 is 4.90 Å². The van der Waals surface area contributed by atoms with Crippen LogP contribution in [0, 0.1) is 11.8 Å². The van der Waals surface area contributed by atoms with Gasteiger partial charge in [-0.05, 0) is 25.0 Å². The SMILES string of the molecule is C[NH+](Cc1ccc(C(F)(F)F)cc1)CN1C(=O)[C@H]2CC=CC[C@H]2C1=O. The van der Waals surface area contributed by atoms with Crippen molar-refractivity contribution in [3.8, 4) is 0 Å². The Hall–Kier alpha value is -2.15. The lowest BCUT2D eigenvalue weighted by Gasteiger charge is -2.20. The number of rotatable bonds is 4. The zero-order valence-corrected chi connectivity index (χ0v) is 13.8. The lowest BCUT2D eigenvalue weighted by atomic mass is 9.85. The molecule has 0 radical (unpaired) electrons. The van der Waals surface area contributed by atoms with E-state index in [9.17, 15) is 22.8 Å². The number of quaternary nitrogens is 1. The fraction of sp³-hybridized carbons (Fsp3) is 0.444. The van der Waals surface area contributed by atoms with Gasteiger partial charge in [0.15, 0.2) is 6.67 Å². The number of benzene rings is 1. The Morgan fingerprint density at radius 2 is 1.56 bits per heavy atom. The van der Waals surface area contributed by atoms with E-state index in [1.165, 1.54) is 17.0 Å². The number of nitrogens with zero attached hydrogens (tertiary/aromatic N) is 1. The Morgan fingerprint density at radius 1 is 1.04 bits per heavy atom. The Kier molecular flexibility index (Phi) is 4.69. The summed E-state index contributed by atoms with van der Waals surface area (Å²) >= 11 is 0. The largest absolute Gasteiger partial charge is 0.416 e. The molecule has 1 aromatic rings. The van der Waals surface area contributed by atoms with Crippen molar-refractivity contribution in [2.75, 3.05) is 13.7 Å². The van der Waals surface area contributed by atoms with E-state index in [2.05, 4.69) is 0 Å². The smallest absolute Gasteiger partial charge is 0.316 e. The third-order valence-electron chi connectivity index (χ3n) is 4.81. The zero-order valence-electron chi connectivity index (χ0n) is 13.8. The lowest BCUT2D eigenvalue weighted by molar-refractivity contribution is -0.901. The molecule has 2 aliphatic rings. The van der Waals surface area contributed by atoms with E-state index in [-0.39, 0.29) is 30.3 Å². The Morgan fingerprint density at radius 3 is 2.04 bits per heavy atom. The first kappa shape index (κ1) is 17.7. The van der Waals surface area contributed by atoms with Gasteiger partial charge in [0.25, 0.3) is 0 Å². The number of likely N-dealkylation sites (tertiary alicyclic amines) is 1. The molecule has 1 fully saturated rings. The Balaban J connectivity index is 1.62. The van der Waals surface area contributed by atoms with Gasteiger partial charge in [0, 0.05) is 5.56 Å². The van der Waals surface area contributed by atoms with E-state index in [4.69, 9.17) is 0 Å². The number of carbonyl (C=O) groups excluding carboxylic acids is 2. The van der Waals surface area contributed by atoms with Gasteiger partial charge in [-0.2, -0.15) is 13.2 Å². The van der Waals surface area contributed by atoms with Crippen LogP contribution in [-0.2, 0) is 22.3 Å². The van der Waals surface area contributed by atoms with Gasteiger partial charge in [-0.25, -0.2) is 4.90 Å². The van der Waals surface area contributed by atoms with Crippen molar-refractivity contribution in [3.05, 3.63) is 47.5 Å². The van der Waals surface area contributed by atoms with Crippen LogP contribution in [0.5, 0.6) is 0 Å². The minimum atomic E-state index is -4.35. The van der Waals surface area contributed by atoms with E-state index in [0.717, 1.165) is 22.6 Å². The number of amides is 2. The number of allylic oxidation sites excluding steroid dienone is 2. The van der Waals surface area contributed by atoms with Crippen LogP contribution in [-0.4, -0.2) is 30.4 Å². The Bertz CT molecular complexity index is 671. The molecule has 7 heteroatoms. The van der Waals surface area contributed by atoms with Gasteiger partial charge in [-0.1, -0.05) is 24.3 Å². The highest BCUT2D eigenvalue weighted by Gasteiger charge is 2.48. The van der Waals surface area contributed by atoms with Crippen LogP contribution in [0.3, 0.4) is 0 Å². The average Bonchev–Trinajstić information content (AvgIpc) is 2.80. The number of halogens is 3. The van der Waals surface area contributed by atoms with Crippen molar-refractivity contribution < 1.29 is 27.7 Å². The van der Waals surface area contributed by atoms with Gasteiger partial charge in [0.1, 0.15) is 6.54 Å². The number of hydrogen-bond acceptors (Lipinski definition) is 2. The molecule has 2 amide bonds. The maximum Gasteiger partial charge on any atom is 0.416 e. The molecule has 1 heterocycles. The molecule has 134 valence electrons. The van der Waals surface area contributed by atoms with Gasteiger partial charge in [-0.15, -0.1) is 0 Å². The maximum absolute atomic E-state index is 12.6. The second kappa shape index (κ2) is 6.63. The van der Waals surface area contributed by atoms with Gasteiger partial charge in [-0.3, -0.25) is 9.59 Å². The molecule has 0 aromatic heterocycles. The molecular weight excluding hydrogens is 333 g/mol. The minimum absolute atomic E-state index is 0.133. The maximum atomic E-state index is 12.6. The van der Waals surface area contributed by atoms with Crippen molar-refractivity contribution >= 4 is 11.8 Å². The monoisotopic (exact) mass is 353 g/mol. The summed E-state index contributed by atoms with van der Waals surface area (Å²) in [6.07, 6.45) is 0.729. The first-order valence-corrected chi connectivity index (χ1v) is 8.25. The van der Waals surface area contributed by atoms with Crippen LogP contribution in [0.15, 0.2) is 36.4 Å². The predicted molar refractivity (Wildman–Crippen MR) is 84.1 cm³/mol. The number of alkyl halides is 3. The standard InChI is InChI=1S/C18H19F3N2O2/c1-22(10-12-6-8-13(9-7-12)18(19,20)21)11-23-16(24)14-4-2-3-5-15(14)17(23)25/h2-3,6-9,14-15H,4-5,10-11H2,1H3/p+1/t14-,15+. The number of fused-ring (bicyclic) bond motifs is 1. The summed E-state index contributed by atoms with van der Waals surface area (Å²) in [7, 11) is 1.82. The summed E-state index contributed by atoms with van der Waals surface area (Å²) in [6, 6.07) is 4.97. The quantitative estimate of drug-likeness (QED) is 0.660. The summed E-state index contributed by atoms with van der Waals surface area (Å²) in [6.45, 7) is 0.661. The molecule has 25 heavy (non-hydrogen) atoms. The van der Waals surface area contributed by atoms with Gasteiger partial charge in [0.2, 0.25) is 11.8 Å². The molecule has 1 aliphatic carbocycles. The molecular formula is C18H20F3N2O2+. The lowest BCUT2D eigenvalue weighted by Crippen LogP contribution is -3.09. The van der Waals surface area contributed by atoms with E-state index in [1.54, 1.807) is 0 Å². The third kappa shape index (κ3) is 3.61. The van der Waals surface area contributed by atoms with Gasteiger partial charge in [0.05, 0.1) is 24.4 Å². The summed E-state index contributed by atoms with van der Waals surface area (Å²) in [5.74, 6) is -0.773. The van der Waals surface area contributed by atoms with Crippen molar-refractivity contribution in [1.82, 2.24) is 4.90 Å². The van der Waals surface area contributed by atoms with Crippen LogP contribution in [0.1, 0.15) is 24.0 Å². The molecule has 1 unspecified atom stereocenters. The molecule has 1 aliphatic heterocycles. The summed E-state index contributed by atoms with van der Waals surface area (Å²) in [5, 5.41) is 0. The molecule has 1 N–H and O–H groups in total. The molecule has 1 saturated heterocycles. The fourth-order valence-corrected chi connectivity index (χ4v) is 3.51. The second-order valence-electron chi connectivity index (χ2n) is 6.75. The number of hydrogen-bond donors (Lipinski definition) is 1. The predicted octanol–water partition coefficient (Wildman–Crippen LogP) is 1.63. The van der Waals surface area contributed by atoms with E-state index in [0.29, 0.717) is 19.4 Å². The molecule has 4 nitrogen and oxygen atoms in total. The van der Waals surface area contributed by atoms with Gasteiger partial charge >= 0.3 is 6.18 Å². The topological polar surface area (TPSA) is 41.8 Å². The Labute approximate surface area is 143 Å². The fourth-order valence-electron chi connectivity index (χ4n) is 3.51. The number of imide groups is 1. The first-order chi connectivity index (χ1) is 11.8. The minimum Gasteiger partial charge on any atom is -0.316 e. The number of carbonyl (C=O) groups is 2. The average molecular weight is 353 g/mol. The van der Waals surface area contributed by atoms with Crippen LogP contribution in [0.2, 0.25) is 0 Å². The van der Waals surface area contributed by atoms with Crippen molar-refractivity contribution in [1.29, 1.82) is 0 Å². The van der Waals surface area contributed by atoms with Crippen LogP contribution in [0.4, 0.5) is 13.2 Å².